The lowest BCUT2D eigenvalue weighted by molar-refractivity contribution is 0.329. The molecule has 0 spiro atoms. The fourth-order valence-corrected chi connectivity index (χ4v) is 7.71. The zero-order valence-corrected chi connectivity index (χ0v) is 28.3. The summed E-state index contributed by atoms with van der Waals surface area (Å²) in [4.78, 5) is 14.5. The molecule has 2 heterocycles. The van der Waals surface area contributed by atoms with E-state index in [1.165, 1.54) is 0 Å². The first kappa shape index (κ1) is 31.1. The molecule has 9 nitrogen and oxygen atoms in total. The maximum Gasteiger partial charge on any atom is 0.208 e. The molecule has 0 atom stereocenters. The van der Waals surface area contributed by atoms with Gasteiger partial charge in [-0.25, -0.2) is 15.0 Å². The number of aromatic nitrogens is 4. The van der Waals surface area contributed by atoms with Gasteiger partial charge in [-0.15, -0.1) is 0 Å². The number of hydrogen-bond acceptors (Lipinski definition) is 8. The Labute approximate surface area is 306 Å². The number of aromatic hydroxyl groups is 5. The summed E-state index contributed by atoms with van der Waals surface area (Å²) in [6.45, 7) is 0. The number of rotatable bonds is 5. The summed E-state index contributed by atoms with van der Waals surface area (Å²) in [6, 6.07) is 46.3. The number of nitrogens with zero attached hydrogens (tertiary/aromatic N) is 4. The van der Waals surface area contributed by atoms with Crippen molar-refractivity contribution in [1.82, 2.24) is 19.5 Å². The van der Waals surface area contributed by atoms with E-state index in [0.717, 1.165) is 60.2 Å². The highest BCUT2D eigenvalue weighted by molar-refractivity contribution is 6.36. The van der Waals surface area contributed by atoms with Gasteiger partial charge in [0.25, 0.3) is 0 Å². The molecule has 0 aliphatic carbocycles. The van der Waals surface area contributed by atoms with E-state index in [2.05, 4.69) is 52.0 Å². The normalized spacial score (nSPS) is 11.7. The molecule has 54 heavy (non-hydrogen) atoms. The second-order valence-electron chi connectivity index (χ2n) is 13.2. The standard InChI is InChI=1S/C45H28N4O5/c50-38-37(39(51)41(53)42(54)40(38)52)45-47-43(26-20-18-25(19-21-26)24-10-3-1-4-11-24)46-44(48-45)31-22-23-33-36-34(31)29-15-8-7-14-28(29)30-16-9-17-32(35(30)36)49(33)27-12-5-2-6-13-27/h1-23,50-54H. The quantitative estimate of drug-likeness (QED) is 0.0676. The number of para-hydroxylation sites is 1. The molecule has 0 amide bonds. The monoisotopic (exact) mass is 704 g/mol. The number of phenolic OH excluding ortho intramolecular Hbond substituents is 5. The van der Waals surface area contributed by atoms with E-state index in [-0.39, 0.29) is 17.5 Å². The van der Waals surface area contributed by atoms with Crippen molar-refractivity contribution < 1.29 is 25.5 Å². The Balaban J connectivity index is 1.30. The Morgan fingerprint density at radius 3 is 1.59 bits per heavy atom. The van der Waals surface area contributed by atoms with Gasteiger partial charge in [0.05, 0.1) is 11.0 Å². The summed E-state index contributed by atoms with van der Waals surface area (Å²) in [7, 11) is 0. The molecule has 0 fully saturated rings. The van der Waals surface area contributed by atoms with Crippen molar-refractivity contribution >= 4 is 43.4 Å². The van der Waals surface area contributed by atoms with Gasteiger partial charge in [0.1, 0.15) is 5.56 Å². The number of phenols is 5. The average Bonchev–Trinajstić information content (AvgIpc) is 3.57. The molecule has 0 radical (unpaired) electrons. The Morgan fingerprint density at radius 2 is 0.870 bits per heavy atom. The van der Waals surface area contributed by atoms with Crippen LogP contribution in [-0.2, 0) is 0 Å². The van der Waals surface area contributed by atoms with Gasteiger partial charge < -0.3 is 30.1 Å². The summed E-state index contributed by atoms with van der Waals surface area (Å²) in [5.41, 5.74) is 5.87. The molecular formula is C45H28N4O5. The van der Waals surface area contributed by atoms with Crippen LogP contribution < -0.4 is 0 Å². The van der Waals surface area contributed by atoms with Gasteiger partial charge in [0.15, 0.2) is 29.0 Å². The minimum atomic E-state index is -1.07. The Kier molecular flexibility index (Phi) is 6.74. The van der Waals surface area contributed by atoms with Gasteiger partial charge >= 0.3 is 0 Å². The van der Waals surface area contributed by atoms with Crippen LogP contribution in [0.1, 0.15) is 0 Å². The highest BCUT2D eigenvalue weighted by Crippen LogP contribution is 2.54. The van der Waals surface area contributed by atoms with E-state index in [1.54, 1.807) is 0 Å². The molecule has 5 N–H and O–H groups in total. The molecule has 2 aromatic heterocycles. The van der Waals surface area contributed by atoms with Crippen LogP contribution in [-0.4, -0.2) is 45.1 Å². The number of fused-ring (bicyclic) bond motifs is 3. The minimum absolute atomic E-state index is 0.212. The molecule has 0 unspecified atom stereocenters. The summed E-state index contributed by atoms with van der Waals surface area (Å²) in [6.07, 6.45) is 0. The van der Waals surface area contributed by atoms with Gasteiger partial charge in [-0.05, 0) is 57.6 Å². The summed E-state index contributed by atoms with van der Waals surface area (Å²) < 4.78 is 2.25. The van der Waals surface area contributed by atoms with Crippen molar-refractivity contribution in [3.05, 3.63) is 140 Å². The Hall–Kier alpha value is -7.65. The van der Waals surface area contributed by atoms with Crippen molar-refractivity contribution in [3.63, 3.8) is 0 Å². The SMILES string of the molecule is Oc1c(O)c(O)c(-c2nc(-c3ccc(-c4ccccc4)cc3)nc(-c3ccc4c5c3c3ccccc3c3cccc(c35)n4-c3ccccc3)n2)c(O)c1O. The van der Waals surface area contributed by atoms with Crippen LogP contribution in [0.5, 0.6) is 28.7 Å². The van der Waals surface area contributed by atoms with Crippen molar-refractivity contribution in [2.75, 3.05) is 0 Å². The van der Waals surface area contributed by atoms with Crippen molar-refractivity contribution in [3.8, 4) is 79.7 Å². The van der Waals surface area contributed by atoms with Crippen LogP contribution in [0.25, 0.3) is 94.3 Å². The third-order valence-electron chi connectivity index (χ3n) is 10.2. The lowest BCUT2D eigenvalue weighted by Crippen LogP contribution is -2.01. The van der Waals surface area contributed by atoms with Crippen LogP contribution in [0, 0.1) is 0 Å². The molecule has 0 bridgehead atoms. The molecular weight excluding hydrogens is 677 g/mol. The van der Waals surface area contributed by atoms with E-state index in [0.29, 0.717) is 11.1 Å². The van der Waals surface area contributed by atoms with E-state index in [4.69, 9.17) is 9.97 Å². The van der Waals surface area contributed by atoms with Gasteiger partial charge in [-0.3, -0.25) is 0 Å². The first-order chi connectivity index (χ1) is 26.4. The van der Waals surface area contributed by atoms with Gasteiger partial charge in [0, 0.05) is 33.0 Å². The van der Waals surface area contributed by atoms with Crippen LogP contribution >= 0.6 is 0 Å². The molecule has 0 saturated carbocycles. The predicted octanol–water partition coefficient (Wildman–Crippen LogP) is 9.91. The molecule has 258 valence electrons. The molecule has 10 rings (SSSR count). The maximum absolute atomic E-state index is 11.0. The topological polar surface area (TPSA) is 145 Å². The summed E-state index contributed by atoms with van der Waals surface area (Å²) >= 11 is 0. The third-order valence-corrected chi connectivity index (χ3v) is 10.2. The average molecular weight is 705 g/mol. The van der Waals surface area contributed by atoms with Crippen molar-refractivity contribution in [1.29, 1.82) is 0 Å². The van der Waals surface area contributed by atoms with E-state index >= 15 is 0 Å². The largest absolute Gasteiger partial charge is 0.504 e. The van der Waals surface area contributed by atoms with Gasteiger partial charge in [0.2, 0.25) is 17.2 Å². The Bertz CT molecular complexity index is 3060. The highest BCUT2D eigenvalue weighted by atomic mass is 16.4. The first-order valence-electron chi connectivity index (χ1n) is 17.3. The van der Waals surface area contributed by atoms with Gasteiger partial charge in [-0.1, -0.05) is 109 Å². The minimum Gasteiger partial charge on any atom is -0.504 e. The molecule has 0 aliphatic rings. The molecule has 10 aromatic rings. The molecule has 0 saturated heterocycles. The maximum atomic E-state index is 11.0. The fourth-order valence-electron chi connectivity index (χ4n) is 7.71. The lowest BCUT2D eigenvalue weighted by atomic mass is 9.91. The summed E-state index contributed by atoms with van der Waals surface area (Å²) in [5, 5.41) is 59.5. The second-order valence-corrected chi connectivity index (χ2v) is 13.2. The summed E-state index contributed by atoms with van der Waals surface area (Å²) in [5.74, 6) is -4.72. The molecule has 0 aliphatic heterocycles. The molecule has 9 heteroatoms. The fraction of sp³-hybridized carbons (Fsp3) is 0. The second kappa shape index (κ2) is 11.7. The highest BCUT2D eigenvalue weighted by Gasteiger charge is 2.28. The third kappa shape index (κ3) is 4.48. The smallest absolute Gasteiger partial charge is 0.208 e. The van der Waals surface area contributed by atoms with Crippen LogP contribution in [0.3, 0.4) is 0 Å². The van der Waals surface area contributed by atoms with Crippen molar-refractivity contribution in [2.45, 2.75) is 0 Å². The lowest BCUT2D eigenvalue weighted by Gasteiger charge is -2.15. The van der Waals surface area contributed by atoms with E-state index in [9.17, 15) is 25.5 Å². The van der Waals surface area contributed by atoms with Gasteiger partial charge in [-0.2, -0.15) is 0 Å². The Morgan fingerprint density at radius 1 is 0.352 bits per heavy atom. The van der Waals surface area contributed by atoms with E-state index < -0.39 is 34.3 Å². The zero-order chi connectivity index (χ0) is 36.7. The van der Waals surface area contributed by atoms with Crippen molar-refractivity contribution in [2.24, 2.45) is 0 Å². The van der Waals surface area contributed by atoms with Crippen LogP contribution in [0.15, 0.2) is 140 Å². The number of hydrogen-bond donors (Lipinski definition) is 5. The van der Waals surface area contributed by atoms with Crippen LogP contribution in [0.4, 0.5) is 0 Å². The van der Waals surface area contributed by atoms with E-state index in [1.807, 2.05) is 97.1 Å². The predicted molar refractivity (Wildman–Crippen MR) is 210 cm³/mol. The zero-order valence-electron chi connectivity index (χ0n) is 28.3. The molecule has 8 aromatic carbocycles. The first-order valence-corrected chi connectivity index (χ1v) is 17.3. The number of benzene rings is 8. The van der Waals surface area contributed by atoms with Crippen LogP contribution in [0.2, 0.25) is 0 Å².